The zero-order chi connectivity index (χ0) is 20.7. The molecule has 0 spiro atoms. The first kappa shape index (κ1) is 19.7. The van der Waals surface area contributed by atoms with Crippen LogP contribution in [0.2, 0.25) is 15.1 Å². The number of nitrogens with zero attached hydrogens (tertiary/aromatic N) is 3. The maximum Gasteiger partial charge on any atom is 0.261 e. The van der Waals surface area contributed by atoms with Crippen LogP contribution in [0.15, 0.2) is 53.5 Å². The molecular formula is C21H14Cl3N3O2. The summed E-state index contributed by atoms with van der Waals surface area (Å²) in [6.45, 7) is 1.86. The van der Waals surface area contributed by atoms with Gasteiger partial charge in [-0.05, 0) is 48.9 Å². The molecule has 0 saturated carbocycles. The third kappa shape index (κ3) is 3.69. The molecule has 0 unspecified atom stereocenters. The molecule has 0 aliphatic carbocycles. The highest BCUT2D eigenvalue weighted by atomic mass is 35.5. The zero-order valence-electron chi connectivity index (χ0n) is 15.4. The molecule has 0 bridgehead atoms. The van der Waals surface area contributed by atoms with Crippen molar-refractivity contribution >= 4 is 45.7 Å². The molecule has 146 valence electrons. The van der Waals surface area contributed by atoms with Crippen LogP contribution in [0.1, 0.15) is 5.56 Å². The fourth-order valence-corrected chi connectivity index (χ4v) is 3.60. The van der Waals surface area contributed by atoms with Crippen LogP contribution in [0.3, 0.4) is 0 Å². The van der Waals surface area contributed by atoms with Crippen LogP contribution in [0, 0.1) is 6.92 Å². The predicted octanol–water partition coefficient (Wildman–Crippen LogP) is 6.06. The number of rotatable bonds is 3. The number of aromatic nitrogens is 3. The number of ether oxygens (including phenoxy) is 1. The lowest BCUT2D eigenvalue weighted by atomic mass is 10.1. The average molecular weight is 447 g/mol. The molecule has 2 aromatic heterocycles. The van der Waals surface area contributed by atoms with Crippen molar-refractivity contribution in [3.8, 4) is 23.0 Å². The molecule has 0 aliphatic rings. The first-order valence-electron chi connectivity index (χ1n) is 8.60. The van der Waals surface area contributed by atoms with Crippen molar-refractivity contribution < 1.29 is 4.74 Å². The summed E-state index contributed by atoms with van der Waals surface area (Å²) >= 11 is 18.2. The fourth-order valence-electron chi connectivity index (χ4n) is 3.04. The smallest absolute Gasteiger partial charge is 0.261 e. The minimum Gasteiger partial charge on any atom is -0.438 e. The number of hydrogen-bond donors (Lipinski definition) is 0. The van der Waals surface area contributed by atoms with Gasteiger partial charge in [-0.15, -0.1) is 0 Å². The Morgan fingerprint density at radius 1 is 1.03 bits per heavy atom. The molecule has 4 rings (SSSR count). The van der Waals surface area contributed by atoms with Gasteiger partial charge < -0.3 is 4.74 Å². The predicted molar refractivity (Wildman–Crippen MR) is 116 cm³/mol. The summed E-state index contributed by atoms with van der Waals surface area (Å²) < 4.78 is 7.38. The number of pyridine rings is 1. The van der Waals surface area contributed by atoms with Gasteiger partial charge >= 0.3 is 0 Å². The van der Waals surface area contributed by atoms with Gasteiger partial charge in [0.25, 0.3) is 5.56 Å². The molecule has 4 aromatic rings. The van der Waals surface area contributed by atoms with Crippen molar-refractivity contribution in [2.75, 3.05) is 0 Å². The van der Waals surface area contributed by atoms with Crippen molar-refractivity contribution in [3.05, 3.63) is 79.6 Å². The molecule has 8 heteroatoms. The molecule has 0 amide bonds. The van der Waals surface area contributed by atoms with Crippen molar-refractivity contribution in [1.82, 2.24) is 14.5 Å². The van der Waals surface area contributed by atoms with Gasteiger partial charge in [0.05, 0.1) is 26.5 Å². The van der Waals surface area contributed by atoms with E-state index in [1.165, 1.54) is 4.57 Å². The Labute approximate surface area is 181 Å². The number of benzene rings is 2. The van der Waals surface area contributed by atoms with Crippen LogP contribution in [-0.2, 0) is 7.05 Å². The topological polar surface area (TPSA) is 57.0 Å². The maximum absolute atomic E-state index is 12.9. The summed E-state index contributed by atoms with van der Waals surface area (Å²) in [5.74, 6) is 1.18. The van der Waals surface area contributed by atoms with Gasteiger partial charge in [0, 0.05) is 24.3 Å². The van der Waals surface area contributed by atoms with Crippen LogP contribution < -0.4 is 10.3 Å². The van der Waals surface area contributed by atoms with Gasteiger partial charge in [0.2, 0.25) is 5.88 Å². The summed E-state index contributed by atoms with van der Waals surface area (Å²) in [4.78, 5) is 22.0. The van der Waals surface area contributed by atoms with Gasteiger partial charge in [0.1, 0.15) is 11.6 Å². The van der Waals surface area contributed by atoms with Crippen molar-refractivity contribution in [2.45, 2.75) is 6.92 Å². The molecule has 2 heterocycles. The minimum atomic E-state index is -0.208. The number of fused-ring (bicyclic) bond motifs is 1. The maximum atomic E-state index is 12.9. The standard InChI is InChI=1S/C21H14Cl3N3O2/c1-11-8-12(22)9-15-18(11)26-19(27(2)21(15)28)14-4-3-7-25-20(14)29-13-5-6-16(23)17(24)10-13/h3-10H,1-2H3. The average Bonchev–Trinajstić information content (AvgIpc) is 2.69. The summed E-state index contributed by atoms with van der Waals surface area (Å²) in [6, 6.07) is 11.9. The number of halogens is 3. The van der Waals surface area contributed by atoms with Gasteiger partial charge in [-0.25, -0.2) is 9.97 Å². The van der Waals surface area contributed by atoms with Crippen LogP contribution in [0.25, 0.3) is 22.3 Å². The van der Waals surface area contributed by atoms with Crippen molar-refractivity contribution in [2.24, 2.45) is 7.05 Å². The minimum absolute atomic E-state index is 0.208. The van der Waals surface area contributed by atoms with Gasteiger partial charge in [-0.2, -0.15) is 0 Å². The van der Waals surface area contributed by atoms with E-state index in [0.717, 1.165) is 5.56 Å². The second-order valence-corrected chi connectivity index (χ2v) is 7.70. The van der Waals surface area contributed by atoms with E-state index in [4.69, 9.17) is 44.5 Å². The molecule has 2 aromatic carbocycles. The molecule has 0 fully saturated rings. The zero-order valence-corrected chi connectivity index (χ0v) is 17.7. The van der Waals surface area contributed by atoms with Gasteiger partial charge in [-0.1, -0.05) is 34.8 Å². The van der Waals surface area contributed by atoms with Crippen LogP contribution in [-0.4, -0.2) is 14.5 Å². The Hall–Kier alpha value is -2.60. The molecular weight excluding hydrogens is 433 g/mol. The number of hydrogen-bond acceptors (Lipinski definition) is 4. The highest BCUT2D eigenvalue weighted by Gasteiger charge is 2.17. The lowest BCUT2D eigenvalue weighted by Crippen LogP contribution is -2.21. The Morgan fingerprint density at radius 2 is 1.83 bits per heavy atom. The molecule has 29 heavy (non-hydrogen) atoms. The van der Waals surface area contributed by atoms with E-state index in [0.29, 0.717) is 49.0 Å². The highest BCUT2D eigenvalue weighted by molar-refractivity contribution is 6.42. The Bertz CT molecular complexity index is 1320. The normalized spacial score (nSPS) is 11.1. The Kier molecular flexibility index (Phi) is 5.21. The van der Waals surface area contributed by atoms with Gasteiger partial charge in [0.15, 0.2) is 0 Å². The van der Waals surface area contributed by atoms with Crippen molar-refractivity contribution in [1.29, 1.82) is 0 Å². The van der Waals surface area contributed by atoms with Crippen LogP contribution >= 0.6 is 34.8 Å². The van der Waals surface area contributed by atoms with Gasteiger partial charge in [-0.3, -0.25) is 9.36 Å². The third-order valence-corrected chi connectivity index (χ3v) is 5.41. The fraction of sp³-hybridized carbons (Fsp3) is 0.0952. The SMILES string of the molecule is Cc1cc(Cl)cc2c(=O)n(C)c(-c3cccnc3Oc3ccc(Cl)c(Cl)c3)nc12. The second kappa shape index (κ2) is 7.67. The van der Waals surface area contributed by atoms with E-state index in [-0.39, 0.29) is 5.56 Å². The second-order valence-electron chi connectivity index (χ2n) is 6.45. The largest absolute Gasteiger partial charge is 0.438 e. The van der Waals surface area contributed by atoms with E-state index < -0.39 is 0 Å². The first-order chi connectivity index (χ1) is 13.8. The Morgan fingerprint density at radius 3 is 2.59 bits per heavy atom. The number of aryl methyl sites for hydroxylation is 1. The first-order valence-corrected chi connectivity index (χ1v) is 9.73. The molecule has 0 atom stereocenters. The molecule has 0 radical (unpaired) electrons. The summed E-state index contributed by atoms with van der Waals surface area (Å²) in [5, 5.41) is 1.74. The molecule has 0 saturated heterocycles. The molecule has 0 N–H and O–H groups in total. The van der Waals surface area contributed by atoms with E-state index >= 15 is 0 Å². The van der Waals surface area contributed by atoms with E-state index in [1.807, 2.05) is 6.92 Å². The Balaban J connectivity index is 1.90. The van der Waals surface area contributed by atoms with E-state index in [1.54, 1.807) is 55.7 Å². The molecule has 5 nitrogen and oxygen atoms in total. The monoisotopic (exact) mass is 445 g/mol. The van der Waals surface area contributed by atoms with Crippen LogP contribution in [0.5, 0.6) is 11.6 Å². The quantitative estimate of drug-likeness (QED) is 0.384. The molecule has 0 aliphatic heterocycles. The summed E-state index contributed by atoms with van der Waals surface area (Å²) in [5.41, 5.74) is 1.74. The van der Waals surface area contributed by atoms with E-state index in [9.17, 15) is 4.79 Å². The third-order valence-electron chi connectivity index (χ3n) is 4.45. The summed E-state index contributed by atoms with van der Waals surface area (Å²) in [7, 11) is 1.65. The van der Waals surface area contributed by atoms with Crippen LogP contribution in [0.4, 0.5) is 0 Å². The van der Waals surface area contributed by atoms with Crippen molar-refractivity contribution in [3.63, 3.8) is 0 Å². The summed E-state index contributed by atoms with van der Waals surface area (Å²) in [6.07, 6.45) is 1.60. The lowest BCUT2D eigenvalue weighted by molar-refractivity contribution is 0.464. The van der Waals surface area contributed by atoms with E-state index in [2.05, 4.69) is 4.98 Å². The lowest BCUT2D eigenvalue weighted by Gasteiger charge is -2.14. The highest BCUT2D eigenvalue weighted by Crippen LogP contribution is 2.33.